The summed E-state index contributed by atoms with van der Waals surface area (Å²) >= 11 is 0. The number of nitriles is 1. The van der Waals surface area contributed by atoms with Gasteiger partial charge < -0.3 is 14.4 Å². The highest BCUT2D eigenvalue weighted by atomic mass is 19.1. The Labute approximate surface area is 136 Å². The summed E-state index contributed by atoms with van der Waals surface area (Å²) < 4.78 is 18.4. The molecular formula is C15H13FN6O2. The van der Waals surface area contributed by atoms with Crippen LogP contribution in [-0.2, 0) is 6.42 Å². The molecule has 1 aromatic carbocycles. The quantitative estimate of drug-likeness (QED) is 0.644. The minimum Gasteiger partial charge on any atom is -0.506 e. The number of halogens is 1. The molecule has 1 aromatic heterocycles. The van der Waals surface area contributed by atoms with Crippen molar-refractivity contribution in [3.63, 3.8) is 0 Å². The van der Waals surface area contributed by atoms with Gasteiger partial charge in [-0.25, -0.2) is 9.38 Å². The van der Waals surface area contributed by atoms with Crippen LogP contribution in [0.1, 0.15) is 17.3 Å². The maximum absolute atomic E-state index is 12.9. The predicted molar refractivity (Wildman–Crippen MR) is 81.8 cm³/mol. The van der Waals surface area contributed by atoms with E-state index in [0.717, 1.165) is 5.56 Å². The summed E-state index contributed by atoms with van der Waals surface area (Å²) in [6.07, 6.45) is 2.78. The second kappa shape index (κ2) is 6.37. The minimum absolute atomic E-state index is 0.0405. The van der Waals surface area contributed by atoms with E-state index in [2.05, 4.69) is 20.5 Å². The Morgan fingerprint density at radius 3 is 2.83 bits per heavy atom. The average Bonchev–Trinajstić information content (AvgIpc) is 3.02. The molecule has 0 fully saturated rings. The van der Waals surface area contributed by atoms with Crippen LogP contribution >= 0.6 is 0 Å². The van der Waals surface area contributed by atoms with E-state index >= 15 is 0 Å². The molecule has 0 bridgehead atoms. The van der Waals surface area contributed by atoms with Gasteiger partial charge in [-0.3, -0.25) is 5.32 Å². The van der Waals surface area contributed by atoms with Gasteiger partial charge in [-0.15, -0.1) is 10.2 Å². The Morgan fingerprint density at radius 2 is 2.12 bits per heavy atom. The summed E-state index contributed by atoms with van der Waals surface area (Å²) in [6.45, 7) is 0. The standard InChI is InChI=1S/C15H13FN6O2/c1-22-8-19-12(13(23)14(22)18-7-17)15-21-20-11(24-15)6-9-2-4-10(16)5-3-9/h2-5,8,14,18,23H,6H2,1H3. The summed E-state index contributed by atoms with van der Waals surface area (Å²) in [5.41, 5.74) is 0.902. The third kappa shape index (κ3) is 3.03. The van der Waals surface area contributed by atoms with E-state index in [1.807, 2.05) is 0 Å². The van der Waals surface area contributed by atoms with Gasteiger partial charge in [-0.2, -0.15) is 5.26 Å². The number of likely N-dealkylation sites (N-methyl/N-ethyl adjacent to an activating group) is 1. The highest BCUT2D eigenvalue weighted by Crippen LogP contribution is 2.24. The third-order valence-corrected chi connectivity index (χ3v) is 3.42. The van der Waals surface area contributed by atoms with Crippen LogP contribution in [0.3, 0.4) is 0 Å². The van der Waals surface area contributed by atoms with Gasteiger partial charge in [0.25, 0.3) is 5.89 Å². The number of nitrogens with zero attached hydrogens (tertiary/aromatic N) is 5. The summed E-state index contributed by atoms with van der Waals surface area (Å²) in [6, 6.07) is 5.94. The molecule has 0 aliphatic carbocycles. The molecule has 2 heterocycles. The van der Waals surface area contributed by atoms with Gasteiger partial charge in [0.15, 0.2) is 23.8 Å². The second-order valence-corrected chi connectivity index (χ2v) is 5.11. The summed E-state index contributed by atoms with van der Waals surface area (Å²) in [7, 11) is 1.65. The molecule has 1 atom stereocenters. The number of nitrogens with one attached hydrogen (secondary N) is 1. The lowest BCUT2D eigenvalue weighted by atomic mass is 10.1. The topological polar surface area (TPSA) is 111 Å². The third-order valence-electron chi connectivity index (χ3n) is 3.42. The fourth-order valence-corrected chi connectivity index (χ4v) is 2.20. The van der Waals surface area contributed by atoms with E-state index in [0.29, 0.717) is 12.3 Å². The van der Waals surface area contributed by atoms with Crippen LogP contribution < -0.4 is 5.32 Å². The van der Waals surface area contributed by atoms with Crippen molar-refractivity contribution in [2.24, 2.45) is 4.99 Å². The lowest BCUT2D eigenvalue weighted by Gasteiger charge is -2.27. The van der Waals surface area contributed by atoms with Crippen molar-refractivity contribution in [1.82, 2.24) is 20.4 Å². The molecule has 3 rings (SSSR count). The summed E-state index contributed by atoms with van der Waals surface area (Å²) in [5, 5.41) is 29.2. The molecular weight excluding hydrogens is 315 g/mol. The van der Waals surface area contributed by atoms with Crippen LogP contribution in [0.25, 0.3) is 5.70 Å². The van der Waals surface area contributed by atoms with Crippen molar-refractivity contribution in [3.05, 3.63) is 53.2 Å². The SMILES string of the molecule is CN1C=NC(c2nnc(Cc3ccc(F)cc3)o2)=C(O)C1NC#N. The van der Waals surface area contributed by atoms with Crippen LogP contribution in [0.4, 0.5) is 4.39 Å². The van der Waals surface area contributed by atoms with Gasteiger partial charge >= 0.3 is 0 Å². The van der Waals surface area contributed by atoms with E-state index in [-0.39, 0.29) is 23.2 Å². The van der Waals surface area contributed by atoms with E-state index in [1.165, 1.54) is 23.4 Å². The van der Waals surface area contributed by atoms with Crippen molar-refractivity contribution in [2.45, 2.75) is 12.6 Å². The first-order valence-electron chi connectivity index (χ1n) is 6.99. The van der Waals surface area contributed by atoms with Gasteiger partial charge in [0, 0.05) is 7.05 Å². The molecule has 1 aliphatic heterocycles. The first-order valence-corrected chi connectivity index (χ1v) is 6.99. The van der Waals surface area contributed by atoms with E-state index in [9.17, 15) is 9.50 Å². The molecule has 2 aromatic rings. The monoisotopic (exact) mass is 328 g/mol. The Bertz CT molecular complexity index is 836. The second-order valence-electron chi connectivity index (χ2n) is 5.11. The number of hydrogen-bond acceptors (Lipinski definition) is 8. The molecule has 9 heteroatoms. The molecule has 122 valence electrons. The molecule has 0 spiro atoms. The average molecular weight is 328 g/mol. The van der Waals surface area contributed by atoms with E-state index in [4.69, 9.17) is 9.68 Å². The number of aromatic nitrogens is 2. The maximum atomic E-state index is 12.9. The fourth-order valence-electron chi connectivity index (χ4n) is 2.20. The highest BCUT2D eigenvalue weighted by molar-refractivity contribution is 5.74. The first kappa shape index (κ1) is 15.5. The number of aliphatic hydroxyl groups excluding tert-OH is 1. The fraction of sp³-hybridized carbons (Fsp3) is 0.200. The number of aliphatic hydroxyl groups is 1. The lowest BCUT2D eigenvalue weighted by molar-refractivity contribution is 0.264. The molecule has 0 radical (unpaired) electrons. The van der Waals surface area contributed by atoms with Gasteiger partial charge in [0.2, 0.25) is 5.89 Å². The number of aliphatic imine (C=N–C) groups is 1. The van der Waals surface area contributed by atoms with Gasteiger partial charge in [-0.05, 0) is 17.7 Å². The normalized spacial score (nSPS) is 17.0. The molecule has 0 amide bonds. The molecule has 2 N–H and O–H groups in total. The van der Waals surface area contributed by atoms with Crippen LogP contribution in [-0.4, -0.2) is 39.8 Å². The zero-order valence-corrected chi connectivity index (χ0v) is 12.6. The molecule has 0 saturated heterocycles. The van der Waals surface area contributed by atoms with Crippen LogP contribution in [0.15, 0.2) is 39.4 Å². The Balaban J connectivity index is 1.83. The zero-order valence-electron chi connectivity index (χ0n) is 12.6. The predicted octanol–water partition coefficient (Wildman–Crippen LogP) is 1.40. The Morgan fingerprint density at radius 1 is 1.38 bits per heavy atom. The van der Waals surface area contributed by atoms with Crippen LogP contribution in [0.2, 0.25) is 0 Å². The van der Waals surface area contributed by atoms with Crippen molar-refractivity contribution in [3.8, 4) is 6.19 Å². The lowest BCUT2D eigenvalue weighted by Crippen LogP contribution is -2.44. The molecule has 0 saturated carbocycles. The molecule has 24 heavy (non-hydrogen) atoms. The summed E-state index contributed by atoms with van der Waals surface area (Å²) in [5.74, 6) is -0.176. The zero-order chi connectivity index (χ0) is 17.1. The summed E-state index contributed by atoms with van der Waals surface area (Å²) in [4.78, 5) is 5.59. The van der Waals surface area contributed by atoms with Crippen molar-refractivity contribution < 1.29 is 13.9 Å². The van der Waals surface area contributed by atoms with Crippen LogP contribution in [0.5, 0.6) is 0 Å². The maximum Gasteiger partial charge on any atom is 0.270 e. The molecule has 8 nitrogen and oxygen atoms in total. The Kier molecular flexibility index (Phi) is 4.11. The van der Waals surface area contributed by atoms with E-state index < -0.39 is 6.17 Å². The number of hydrogen-bond donors (Lipinski definition) is 2. The highest BCUT2D eigenvalue weighted by Gasteiger charge is 2.28. The largest absolute Gasteiger partial charge is 0.506 e. The van der Waals surface area contributed by atoms with E-state index in [1.54, 1.807) is 25.4 Å². The van der Waals surface area contributed by atoms with Crippen molar-refractivity contribution >= 4 is 12.0 Å². The Hall–Kier alpha value is -3.41. The smallest absolute Gasteiger partial charge is 0.270 e. The van der Waals surface area contributed by atoms with Crippen molar-refractivity contribution in [1.29, 1.82) is 5.26 Å². The number of rotatable bonds is 4. The minimum atomic E-state index is -0.755. The first-order chi connectivity index (χ1) is 11.6. The number of benzene rings is 1. The van der Waals surface area contributed by atoms with Gasteiger partial charge in [0.1, 0.15) is 5.82 Å². The van der Waals surface area contributed by atoms with Gasteiger partial charge in [-0.1, -0.05) is 12.1 Å². The molecule has 1 aliphatic rings. The van der Waals surface area contributed by atoms with Gasteiger partial charge in [0.05, 0.1) is 12.8 Å². The van der Waals surface area contributed by atoms with Crippen LogP contribution in [0, 0.1) is 17.3 Å². The molecule has 1 unspecified atom stereocenters. The van der Waals surface area contributed by atoms with Crippen molar-refractivity contribution in [2.75, 3.05) is 7.05 Å².